The molecule has 0 saturated heterocycles. The van der Waals surface area contributed by atoms with Gasteiger partial charge in [-0.2, -0.15) is 0 Å². The second kappa shape index (κ2) is 8.70. The lowest BCUT2D eigenvalue weighted by atomic mass is 9.83. The third kappa shape index (κ3) is 3.58. The zero-order chi connectivity index (χ0) is 25.6. The van der Waals surface area contributed by atoms with Crippen LogP contribution in [-0.4, -0.2) is 52.8 Å². The number of nitrogens with zero attached hydrogens (tertiary/aromatic N) is 1. The highest BCUT2D eigenvalue weighted by atomic mass is 16.5. The molecule has 1 aliphatic heterocycles. The Morgan fingerprint density at radius 3 is 1.89 bits per heavy atom. The number of fused-ring (bicyclic) bond motifs is 3. The van der Waals surface area contributed by atoms with Crippen molar-refractivity contribution in [2.45, 2.75) is 13.0 Å². The lowest BCUT2D eigenvalue weighted by molar-refractivity contribution is -0.150. The third-order valence-electron chi connectivity index (χ3n) is 6.13. The monoisotopic (exact) mass is 482 g/mol. The van der Waals surface area contributed by atoms with Gasteiger partial charge in [0.1, 0.15) is 6.04 Å². The molecule has 9 heteroatoms. The highest BCUT2D eigenvalue weighted by molar-refractivity contribution is 6.30. The van der Waals surface area contributed by atoms with Crippen molar-refractivity contribution in [2.75, 3.05) is 11.9 Å². The maximum Gasteiger partial charge on any atom is 0.329 e. The molecule has 0 aromatic heterocycles. The summed E-state index contributed by atoms with van der Waals surface area (Å²) in [5, 5.41) is 2.51. The van der Waals surface area contributed by atoms with Gasteiger partial charge in [0, 0.05) is 16.7 Å². The van der Waals surface area contributed by atoms with Crippen molar-refractivity contribution >= 4 is 40.9 Å². The predicted molar refractivity (Wildman–Crippen MR) is 126 cm³/mol. The minimum Gasteiger partial charge on any atom is -0.454 e. The van der Waals surface area contributed by atoms with E-state index in [2.05, 4.69) is 5.32 Å². The van der Waals surface area contributed by atoms with Gasteiger partial charge in [-0.1, -0.05) is 48.5 Å². The van der Waals surface area contributed by atoms with Crippen LogP contribution >= 0.6 is 0 Å². The zero-order valence-corrected chi connectivity index (χ0v) is 18.9. The molecule has 0 fully saturated rings. The second-order valence-corrected chi connectivity index (χ2v) is 8.29. The SMILES string of the molecule is CC(C(=O)OCC(=O)Nc1cccc2c1C(=O)c1ccccc1C2=O)N1C(=O)c2ccccc2C1=O. The number of carbonyl (C=O) groups is 6. The van der Waals surface area contributed by atoms with Crippen molar-refractivity contribution in [1.82, 2.24) is 4.90 Å². The molecule has 1 heterocycles. The summed E-state index contributed by atoms with van der Waals surface area (Å²) in [5.74, 6) is -3.70. The minimum absolute atomic E-state index is 0.0558. The lowest BCUT2D eigenvalue weighted by Crippen LogP contribution is -2.44. The summed E-state index contributed by atoms with van der Waals surface area (Å²) < 4.78 is 5.05. The van der Waals surface area contributed by atoms with Crippen LogP contribution < -0.4 is 5.32 Å². The number of ketones is 2. The van der Waals surface area contributed by atoms with E-state index in [1.165, 1.54) is 37.3 Å². The molecule has 3 aromatic carbocycles. The van der Waals surface area contributed by atoms with Crippen molar-refractivity contribution in [3.8, 4) is 0 Å². The molecule has 1 N–H and O–H groups in total. The highest BCUT2D eigenvalue weighted by Crippen LogP contribution is 2.32. The molecule has 2 aliphatic rings. The van der Waals surface area contributed by atoms with Crippen molar-refractivity contribution in [3.63, 3.8) is 0 Å². The smallest absolute Gasteiger partial charge is 0.329 e. The van der Waals surface area contributed by atoms with E-state index in [9.17, 15) is 28.8 Å². The summed E-state index contributed by atoms with van der Waals surface area (Å²) in [5.41, 5.74) is 1.22. The first-order chi connectivity index (χ1) is 17.3. The van der Waals surface area contributed by atoms with E-state index >= 15 is 0 Å². The van der Waals surface area contributed by atoms with E-state index in [1.54, 1.807) is 36.4 Å². The molecule has 9 nitrogen and oxygen atoms in total. The van der Waals surface area contributed by atoms with Gasteiger partial charge in [-0.15, -0.1) is 0 Å². The molecular formula is C27H18N2O7. The van der Waals surface area contributed by atoms with E-state index in [1.807, 2.05) is 0 Å². The molecule has 3 amide bonds. The van der Waals surface area contributed by atoms with Crippen LogP contribution in [0.2, 0.25) is 0 Å². The molecule has 0 spiro atoms. The van der Waals surface area contributed by atoms with Crippen LogP contribution in [0.15, 0.2) is 66.7 Å². The van der Waals surface area contributed by atoms with Crippen LogP contribution in [0, 0.1) is 0 Å². The van der Waals surface area contributed by atoms with Gasteiger partial charge >= 0.3 is 5.97 Å². The third-order valence-corrected chi connectivity index (χ3v) is 6.13. The molecule has 36 heavy (non-hydrogen) atoms. The summed E-state index contributed by atoms with van der Waals surface area (Å²) in [4.78, 5) is 76.9. The number of hydrogen-bond acceptors (Lipinski definition) is 7. The number of nitrogens with one attached hydrogen (secondary N) is 1. The molecular weight excluding hydrogens is 464 g/mol. The van der Waals surface area contributed by atoms with Crippen LogP contribution in [0.3, 0.4) is 0 Å². The maximum atomic E-state index is 13.1. The summed E-state index contributed by atoms with van der Waals surface area (Å²) in [6.07, 6.45) is 0. The Balaban J connectivity index is 1.27. The summed E-state index contributed by atoms with van der Waals surface area (Å²) >= 11 is 0. The largest absolute Gasteiger partial charge is 0.454 e. The van der Waals surface area contributed by atoms with Crippen molar-refractivity contribution in [1.29, 1.82) is 0 Å². The quantitative estimate of drug-likeness (QED) is 0.342. The average molecular weight is 482 g/mol. The average Bonchev–Trinajstić information content (AvgIpc) is 3.15. The molecule has 1 unspecified atom stereocenters. The number of amides is 3. The normalized spacial score (nSPS) is 14.6. The Bertz CT molecular complexity index is 1470. The molecule has 178 valence electrons. The summed E-state index contributed by atoms with van der Waals surface area (Å²) in [6.45, 7) is 0.603. The van der Waals surface area contributed by atoms with Crippen LogP contribution in [0.5, 0.6) is 0 Å². The van der Waals surface area contributed by atoms with E-state index < -0.39 is 42.1 Å². The fraction of sp³-hybridized carbons (Fsp3) is 0.111. The Morgan fingerprint density at radius 2 is 1.28 bits per heavy atom. The maximum absolute atomic E-state index is 13.1. The minimum atomic E-state index is -1.26. The molecule has 0 bridgehead atoms. The first kappa shape index (κ1) is 22.9. The van der Waals surface area contributed by atoms with Gasteiger partial charge in [-0.25, -0.2) is 4.79 Å². The fourth-order valence-corrected chi connectivity index (χ4v) is 4.36. The Hall–Kier alpha value is -4.92. The second-order valence-electron chi connectivity index (χ2n) is 8.29. The van der Waals surface area contributed by atoms with E-state index in [4.69, 9.17) is 4.74 Å². The van der Waals surface area contributed by atoms with Crippen LogP contribution in [0.4, 0.5) is 5.69 Å². The van der Waals surface area contributed by atoms with Gasteiger partial charge in [0.15, 0.2) is 18.2 Å². The number of carbonyl (C=O) groups excluding carboxylic acids is 6. The van der Waals surface area contributed by atoms with E-state index in [0.29, 0.717) is 0 Å². The Labute approximate surface area is 204 Å². The highest BCUT2D eigenvalue weighted by Gasteiger charge is 2.41. The van der Waals surface area contributed by atoms with Crippen LogP contribution in [-0.2, 0) is 14.3 Å². The zero-order valence-electron chi connectivity index (χ0n) is 18.9. The number of benzene rings is 3. The topological polar surface area (TPSA) is 127 Å². The number of anilines is 1. The number of esters is 1. The molecule has 1 atom stereocenters. The standard InChI is InChI=1S/C27H18N2O7/c1-14(29-25(33)17-9-4-5-10-18(17)26(29)34)27(35)36-13-21(30)28-20-12-6-11-19-22(20)24(32)16-8-3-2-7-15(16)23(19)31/h2-12,14H,13H2,1H3,(H,28,30). The molecule has 1 aliphatic carbocycles. The fourth-order valence-electron chi connectivity index (χ4n) is 4.36. The van der Waals surface area contributed by atoms with Crippen molar-refractivity contribution in [3.05, 3.63) is 100 Å². The van der Waals surface area contributed by atoms with E-state index in [0.717, 1.165) is 4.90 Å². The predicted octanol–water partition coefficient (Wildman–Crippen LogP) is 2.63. The van der Waals surface area contributed by atoms with Gasteiger partial charge in [0.2, 0.25) is 0 Å². The van der Waals surface area contributed by atoms with Crippen LogP contribution in [0.25, 0.3) is 0 Å². The molecule has 5 rings (SSSR count). The molecule has 3 aromatic rings. The van der Waals surface area contributed by atoms with Gasteiger partial charge in [-0.3, -0.25) is 28.9 Å². The Morgan fingerprint density at radius 1 is 0.750 bits per heavy atom. The number of ether oxygens (including phenoxy) is 1. The lowest BCUT2D eigenvalue weighted by Gasteiger charge is -2.21. The van der Waals surface area contributed by atoms with Crippen LogP contribution in [0.1, 0.15) is 59.5 Å². The van der Waals surface area contributed by atoms with Gasteiger partial charge in [0.05, 0.1) is 22.4 Å². The first-order valence-corrected chi connectivity index (χ1v) is 11.0. The summed E-state index contributed by atoms with van der Waals surface area (Å²) in [7, 11) is 0. The summed E-state index contributed by atoms with van der Waals surface area (Å²) in [6, 6.07) is 15.9. The van der Waals surface area contributed by atoms with Gasteiger partial charge < -0.3 is 10.1 Å². The molecule has 0 saturated carbocycles. The Kier molecular flexibility index (Phi) is 5.52. The van der Waals surface area contributed by atoms with Gasteiger partial charge in [0.25, 0.3) is 17.7 Å². The number of hydrogen-bond donors (Lipinski definition) is 1. The first-order valence-electron chi connectivity index (χ1n) is 11.0. The van der Waals surface area contributed by atoms with Crippen molar-refractivity contribution in [2.24, 2.45) is 0 Å². The van der Waals surface area contributed by atoms with Gasteiger partial charge in [-0.05, 0) is 25.1 Å². The van der Waals surface area contributed by atoms with E-state index in [-0.39, 0.29) is 44.9 Å². The number of imide groups is 1. The number of rotatable bonds is 5. The van der Waals surface area contributed by atoms with Crippen molar-refractivity contribution < 1.29 is 33.5 Å². The molecule has 0 radical (unpaired) electrons.